The van der Waals surface area contributed by atoms with Gasteiger partial charge in [-0.15, -0.1) is 11.8 Å². The SMILES string of the molecule is CC#CCCc1ccccc1C1=C(CCCC)C(CCCC)=C(c2ccc(CCCC)cc2)[N+]1=[N-].[CH2-]CCCCCCCCCCCC.[CH2-]CCCCCCCCCCCC.[Ni+2]. The second-order valence-electron chi connectivity index (χ2n) is 17.6. The molecule has 0 saturated carbocycles. The van der Waals surface area contributed by atoms with Gasteiger partial charge in [0.1, 0.15) is 0 Å². The first-order chi connectivity index (χ1) is 30.0. The van der Waals surface area contributed by atoms with E-state index in [1.807, 2.05) is 6.92 Å². The predicted molar refractivity (Wildman–Crippen MR) is 273 cm³/mol. The van der Waals surface area contributed by atoms with Crippen LogP contribution in [0.25, 0.3) is 16.9 Å². The second-order valence-corrected chi connectivity index (χ2v) is 17.6. The van der Waals surface area contributed by atoms with E-state index in [9.17, 15) is 5.53 Å². The minimum absolute atomic E-state index is 0. The average Bonchev–Trinajstić information content (AvgIpc) is 3.56. The summed E-state index contributed by atoms with van der Waals surface area (Å²) in [4.78, 5) is 0. The summed E-state index contributed by atoms with van der Waals surface area (Å²) in [6, 6.07) is 17.5. The summed E-state index contributed by atoms with van der Waals surface area (Å²) < 4.78 is 1.52. The number of aryl methyl sites for hydroxylation is 2. The van der Waals surface area contributed by atoms with Crippen molar-refractivity contribution in [3.63, 3.8) is 0 Å². The first-order valence-electron chi connectivity index (χ1n) is 26.1. The third kappa shape index (κ3) is 26.4. The third-order valence-corrected chi connectivity index (χ3v) is 12.1. The molecule has 0 unspecified atom stereocenters. The quantitative estimate of drug-likeness (QED) is 0.0224. The molecule has 0 bridgehead atoms. The Morgan fingerprint density at radius 3 is 1.31 bits per heavy atom. The second kappa shape index (κ2) is 42.5. The Hall–Kier alpha value is -2.43. The molecule has 0 atom stereocenters. The van der Waals surface area contributed by atoms with Gasteiger partial charge in [0, 0.05) is 28.7 Å². The number of unbranched alkanes of at least 4 members (excludes halogenated alkanes) is 23. The number of benzene rings is 2. The molecule has 352 valence electrons. The zero-order valence-electron chi connectivity index (χ0n) is 41.6. The topological polar surface area (TPSA) is 25.3 Å². The number of rotatable bonds is 33. The maximum absolute atomic E-state index is 11.8. The van der Waals surface area contributed by atoms with Crippen LogP contribution in [0.1, 0.15) is 263 Å². The molecule has 2 aromatic rings. The van der Waals surface area contributed by atoms with Crippen molar-refractivity contribution in [1.29, 1.82) is 0 Å². The Balaban J connectivity index is 0.00000113. The first-order valence-corrected chi connectivity index (χ1v) is 26.1. The van der Waals surface area contributed by atoms with Crippen LogP contribution < -0.4 is 0 Å². The summed E-state index contributed by atoms with van der Waals surface area (Å²) in [6.07, 6.45) is 42.5. The van der Waals surface area contributed by atoms with E-state index < -0.39 is 0 Å². The van der Waals surface area contributed by atoms with Gasteiger partial charge in [0.2, 0.25) is 11.4 Å². The largest absolute Gasteiger partial charge is 2.00 e. The van der Waals surface area contributed by atoms with Crippen molar-refractivity contribution in [2.75, 3.05) is 0 Å². The van der Waals surface area contributed by atoms with E-state index in [0.717, 1.165) is 93.2 Å². The Kier molecular flexibility index (Phi) is 40.9. The fraction of sp³-hybridized carbons (Fsp3) is 0.661. The smallest absolute Gasteiger partial charge is 0.493 e. The molecule has 0 radical (unpaired) electrons. The molecule has 1 heterocycles. The van der Waals surface area contributed by atoms with Crippen molar-refractivity contribution in [2.45, 2.75) is 253 Å². The predicted octanol–water partition coefficient (Wildman–Crippen LogP) is 19.8. The van der Waals surface area contributed by atoms with Crippen molar-refractivity contribution >= 4 is 11.4 Å². The summed E-state index contributed by atoms with van der Waals surface area (Å²) in [5.74, 6) is 6.23. The number of allylic oxidation sites excluding steroid dienone is 2. The van der Waals surface area contributed by atoms with E-state index in [1.54, 1.807) is 0 Å². The molecule has 2 aromatic carbocycles. The molecule has 0 amide bonds. The van der Waals surface area contributed by atoms with Crippen LogP contribution in [0, 0.1) is 25.7 Å². The Labute approximate surface area is 397 Å². The molecule has 2 nitrogen and oxygen atoms in total. The van der Waals surface area contributed by atoms with Crippen LogP contribution in [0.3, 0.4) is 0 Å². The van der Waals surface area contributed by atoms with Crippen LogP contribution in [0.5, 0.6) is 0 Å². The molecule has 0 spiro atoms. The third-order valence-electron chi connectivity index (χ3n) is 12.1. The van der Waals surface area contributed by atoms with Crippen LogP contribution >= 0.6 is 0 Å². The van der Waals surface area contributed by atoms with Crippen molar-refractivity contribution < 1.29 is 21.2 Å². The summed E-state index contributed by atoms with van der Waals surface area (Å²) in [6.45, 7) is 20.9. The van der Waals surface area contributed by atoms with Crippen LogP contribution in [0.4, 0.5) is 0 Å². The minimum atomic E-state index is 0. The summed E-state index contributed by atoms with van der Waals surface area (Å²) in [5, 5.41) is 0. The van der Waals surface area contributed by atoms with Gasteiger partial charge in [-0.05, 0) is 81.2 Å². The molecule has 0 N–H and O–H groups in total. The molecule has 0 aliphatic carbocycles. The van der Waals surface area contributed by atoms with Gasteiger partial charge < -0.3 is 19.4 Å². The standard InChI is InChI=1S/C33H42N2.2C13H27.Ni/c1-5-9-13-17-27-18-14-15-21-29(27)33-31(20-12-8-4)30(19-11-7-3)32(35(33)34)28-24-22-26(23-25-28)16-10-6-2;2*1-3-5-7-9-11-13-12-10-8-6-4-2;/h14-15,18,21-25H,6-8,10-13,16-17,19-20H2,1-4H3;2*1,3-13H2,2H3;/q;2*-1;+2. The van der Waals surface area contributed by atoms with E-state index in [-0.39, 0.29) is 16.5 Å². The molecule has 1 aliphatic heterocycles. The van der Waals surface area contributed by atoms with E-state index in [1.165, 1.54) is 168 Å². The van der Waals surface area contributed by atoms with Crippen molar-refractivity contribution in [2.24, 2.45) is 0 Å². The van der Waals surface area contributed by atoms with E-state index in [4.69, 9.17) is 0 Å². The number of hydrogen-bond donors (Lipinski definition) is 0. The fourth-order valence-corrected chi connectivity index (χ4v) is 8.30. The van der Waals surface area contributed by atoms with E-state index in [0.29, 0.717) is 0 Å². The van der Waals surface area contributed by atoms with Crippen LogP contribution in [-0.2, 0) is 29.3 Å². The molecule has 3 heteroatoms. The maximum atomic E-state index is 11.8. The normalized spacial score (nSPS) is 12.0. The number of hydrogen-bond acceptors (Lipinski definition) is 0. The number of nitrogens with zero attached hydrogens (tertiary/aromatic N) is 2. The van der Waals surface area contributed by atoms with Crippen LogP contribution in [-0.4, -0.2) is 4.70 Å². The van der Waals surface area contributed by atoms with Crippen LogP contribution in [0.15, 0.2) is 59.7 Å². The van der Waals surface area contributed by atoms with Gasteiger partial charge in [0.15, 0.2) is 0 Å². The molecule has 0 saturated heterocycles. The molecule has 62 heavy (non-hydrogen) atoms. The Bertz CT molecular complexity index is 1440. The van der Waals surface area contributed by atoms with Gasteiger partial charge in [-0.2, -0.15) is 12.8 Å². The van der Waals surface area contributed by atoms with Gasteiger partial charge in [0.25, 0.3) is 0 Å². The molecular formula is C59H96N2Ni. The molecule has 1 aliphatic rings. The average molecular weight is 892 g/mol. The minimum Gasteiger partial charge on any atom is -0.493 e. The first kappa shape index (κ1) is 59.6. The van der Waals surface area contributed by atoms with Gasteiger partial charge in [0.05, 0.1) is 0 Å². The monoisotopic (exact) mass is 891 g/mol. The van der Waals surface area contributed by atoms with Crippen molar-refractivity contribution in [1.82, 2.24) is 0 Å². The summed E-state index contributed by atoms with van der Waals surface area (Å²) in [7, 11) is 0. The van der Waals surface area contributed by atoms with E-state index >= 15 is 0 Å². The van der Waals surface area contributed by atoms with Crippen molar-refractivity contribution in [3.05, 3.63) is 101 Å². The molecule has 3 rings (SSSR count). The molecule has 0 aromatic heterocycles. The zero-order chi connectivity index (χ0) is 44.6. The summed E-state index contributed by atoms with van der Waals surface area (Å²) >= 11 is 0. The molecular weight excluding hydrogens is 795 g/mol. The van der Waals surface area contributed by atoms with Gasteiger partial charge in [-0.3, -0.25) is 0 Å². The van der Waals surface area contributed by atoms with Gasteiger partial charge >= 0.3 is 16.5 Å². The fourth-order valence-electron chi connectivity index (χ4n) is 8.30. The van der Waals surface area contributed by atoms with Crippen LogP contribution in [0.2, 0.25) is 0 Å². The molecule has 0 fully saturated rings. The maximum Gasteiger partial charge on any atom is 2.00 e. The van der Waals surface area contributed by atoms with Gasteiger partial charge in [-0.25, -0.2) is 4.70 Å². The zero-order valence-corrected chi connectivity index (χ0v) is 42.6. The van der Waals surface area contributed by atoms with Crippen molar-refractivity contribution in [3.8, 4) is 11.8 Å². The van der Waals surface area contributed by atoms with E-state index in [2.05, 4.69) is 109 Å². The summed E-state index contributed by atoms with van der Waals surface area (Å²) in [5.41, 5.74) is 21.3. The Morgan fingerprint density at radius 2 is 0.871 bits per heavy atom. The van der Waals surface area contributed by atoms with Gasteiger partial charge in [-0.1, -0.05) is 213 Å². The Morgan fingerprint density at radius 1 is 0.468 bits per heavy atom.